The largest absolute Gasteiger partial charge is 0.496 e. The van der Waals surface area contributed by atoms with Gasteiger partial charge in [-0.05, 0) is 19.9 Å². The molecule has 0 saturated carbocycles. The summed E-state index contributed by atoms with van der Waals surface area (Å²) in [4.78, 5) is 23.1. The van der Waals surface area contributed by atoms with E-state index in [9.17, 15) is 4.79 Å². The van der Waals surface area contributed by atoms with Crippen molar-refractivity contribution in [3.63, 3.8) is 0 Å². The number of amides is 1. The highest BCUT2D eigenvalue weighted by Crippen LogP contribution is 2.39. The Morgan fingerprint density at radius 3 is 2.74 bits per heavy atom. The number of aromatic nitrogens is 3. The molecular formula is C19H21N5O3. The second-order valence-electron chi connectivity index (χ2n) is 6.91. The van der Waals surface area contributed by atoms with E-state index in [1.54, 1.807) is 31.9 Å². The third-order valence-electron chi connectivity index (χ3n) is 4.77. The number of rotatable bonds is 5. The highest BCUT2D eigenvalue weighted by atomic mass is 16.5. The van der Waals surface area contributed by atoms with Gasteiger partial charge >= 0.3 is 0 Å². The van der Waals surface area contributed by atoms with Gasteiger partial charge in [0, 0.05) is 31.5 Å². The molecule has 0 unspecified atom stereocenters. The highest BCUT2D eigenvalue weighted by Gasteiger charge is 2.38. The molecule has 0 atom stereocenters. The minimum Gasteiger partial charge on any atom is -0.496 e. The number of methoxy groups -OCH3 is 1. The summed E-state index contributed by atoms with van der Waals surface area (Å²) in [7, 11) is 1.59. The third-order valence-corrected chi connectivity index (χ3v) is 4.77. The molecule has 0 radical (unpaired) electrons. The molecule has 1 aliphatic heterocycles. The van der Waals surface area contributed by atoms with E-state index >= 15 is 0 Å². The number of nitrogens with one attached hydrogen (secondary N) is 1. The van der Waals surface area contributed by atoms with Crippen LogP contribution in [0.15, 0.2) is 47.9 Å². The van der Waals surface area contributed by atoms with Gasteiger partial charge in [-0.15, -0.1) is 0 Å². The van der Waals surface area contributed by atoms with Gasteiger partial charge < -0.3 is 23.9 Å². The minimum atomic E-state index is -0.538. The fourth-order valence-electron chi connectivity index (χ4n) is 3.38. The van der Waals surface area contributed by atoms with E-state index in [1.807, 2.05) is 35.6 Å². The molecular weight excluding hydrogens is 346 g/mol. The van der Waals surface area contributed by atoms with Gasteiger partial charge in [0.25, 0.3) is 5.91 Å². The molecule has 4 rings (SSSR count). The van der Waals surface area contributed by atoms with Gasteiger partial charge in [-0.2, -0.15) is 0 Å². The van der Waals surface area contributed by atoms with Crippen molar-refractivity contribution in [2.75, 3.05) is 19.0 Å². The standard InChI is InChI=1S/C19H21N5O3/c1-19(2)22-15-9-16(26-3)14(17-10-21-12-27-17)8-13(15)18(25)24(19)7-6-23-5-4-20-11-23/h4-5,8-12,22H,6-7H2,1-3H3. The van der Waals surface area contributed by atoms with Crippen molar-refractivity contribution in [1.29, 1.82) is 0 Å². The minimum absolute atomic E-state index is 0.0442. The molecule has 0 spiro atoms. The monoisotopic (exact) mass is 367 g/mol. The normalized spacial score (nSPS) is 15.4. The Bertz CT molecular complexity index is 948. The zero-order chi connectivity index (χ0) is 19.0. The SMILES string of the molecule is COc1cc2c(cc1-c1cnco1)C(=O)N(CCn1ccnc1)C(C)(C)N2. The number of hydrogen-bond acceptors (Lipinski definition) is 6. The summed E-state index contributed by atoms with van der Waals surface area (Å²) in [6.45, 7) is 5.19. The quantitative estimate of drug-likeness (QED) is 0.746. The molecule has 2 aromatic heterocycles. The van der Waals surface area contributed by atoms with Crippen LogP contribution in [0.1, 0.15) is 24.2 Å². The van der Waals surface area contributed by atoms with Gasteiger partial charge in [-0.1, -0.05) is 0 Å². The summed E-state index contributed by atoms with van der Waals surface area (Å²) < 4.78 is 12.9. The topological polar surface area (TPSA) is 85.4 Å². The Kier molecular flexibility index (Phi) is 4.10. The van der Waals surface area contributed by atoms with Crippen LogP contribution in [0.4, 0.5) is 5.69 Å². The smallest absolute Gasteiger partial charge is 0.257 e. The summed E-state index contributed by atoms with van der Waals surface area (Å²) in [5.41, 5.74) is 1.47. The number of anilines is 1. The molecule has 0 bridgehead atoms. The van der Waals surface area contributed by atoms with Crippen molar-refractivity contribution in [1.82, 2.24) is 19.4 Å². The lowest BCUT2D eigenvalue weighted by molar-refractivity contribution is 0.0565. The lowest BCUT2D eigenvalue weighted by Crippen LogP contribution is -2.57. The summed E-state index contributed by atoms with van der Waals surface area (Å²) in [5, 5.41) is 3.45. The first kappa shape index (κ1) is 17.1. The van der Waals surface area contributed by atoms with Crippen molar-refractivity contribution < 1.29 is 13.9 Å². The Morgan fingerprint density at radius 2 is 2.07 bits per heavy atom. The molecule has 3 heterocycles. The molecule has 1 aliphatic rings. The second-order valence-corrected chi connectivity index (χ2v) is 6.91. The Labute approximate surface area is 156 Å². The lowest BCUT2D eigenvalue weighted by atomic mass is 9.98. The molecule has 140 valence electrons. The van der Waals surface area contributed by atoms with Crippen molar-refractivity contribution in [3.8, 4) is 17.1 Å². The Balaban J connectivity index is 1.71. The molecule has 8 heteroatoms. The van der Waals surface area contributed by atoms with Gasteiger partial charge in [-0.25, -0.2) is 9.97 Å². The van der Waals surface area contributed by atoms with Crippen LogP contribution in [0.5, 0.6) is 5.75 Å². The first-order valence-corrected chi connectivity index (χ1v) is 8.66. The zero-order valence-corrected chi connectivity index (χ0v) is 15.5. The van der Waals surface area contributed by atoms with Crippen molar-refractivity contribution >= 4 is 11.6 Å². The molecule has 0 saturated heterocycles. The second kappa shape index (κ2) is 6.46. The van der Waals surface area contributed by atoms with Gasteiger partial charge in [0.15, 0.2) is 12.2 Å². The van der Waals surface area contributed by atoms with E-state index < -0.39 is 5.66 Å². The summed E-state index contributed by atoms with van der Waals surface area (Å²) in [6.07, 6.45) is 8.32. The molecule has 27 heavy (non-hydrogen) atoms. The molecule has 1 N–H and O–H groups in total. The van der Waals surface area contributed by atoms with Gasteiger partial charge in [0.05, 0.1) is 36.4 Å². The first-order chi connectivity index (χ1) is 13.0. The van der Waals surface area contributed by atoms with Crippen LogP contribution < -0.4 is 10.1 Å². The number of oxazole rings is 1. The zero-order valence-electron chi connectivity index (χ0n) is 15.5. The highest BCUT2D eigenvalue weighted by molar-refractivity contribution is 6.04. The predicted octanol–water partition coefficient (Wildman–Crippen LogP) is 2.85. The first-order valence-electron chi connectivity index (χ1n) is 8.66. The van der Waals surface area contributed by atoms with E-state index in [1.165, 1.54) is 6.39 Å². The summed E-state index contributed by atoms with van der Waals surface area (Å²) >= 11 is 0. The lowest BCUT2D eigenvalue weighted by Gasteiger charge is -2.44. The van der Waals surface area contributed by atoms with E-state index in [2.05, 4.69) is 15.3 Å². The maximum Gasteiger partial charge on any atom is 0.257 e. The van der Waals surface area contributed by atoms with Crippen LogP contribution in [0.3, 0.4) is 0 Å². The van der Waals surface area contributed by atoms with Crippen LogP contribution in [-0.2, 0) is 6.54 Å². The third kappa shape index (κ3) is 3.03. The van der Waals surface area contributed by atoms with E-state index in [-0.39, 0.29) is 5.91 Å². The molecule has 1 aromatic carbocycles. The fraction of sp³-hybridized carbons (Fsp3) is 0.316. The predicted molar refractivity (Wildman–Crippen MR) is 99.5 cm³/mol. The van der Waals surface area contributed by atoms with Gasteiger partial charge in [0.2, 0.25) is 0 Å². The molecule has 0 aliphatic carbocycles. The van der Waals surface area contributed by atoms with Crippen LogP contribution in [0, 0.1) is 0 Å². The molecule has 0 fully saturated rings. The van der Waals surface area contributed by atoms with Crippen LogP contribution in [-0.4, -0.2) is 44.7 Å². The number of hydrogen-bond donors (Lipinski definition) is 1. The molecule has 3 aromatic rings. The number of ether oxygens (including phenoxy) is 1. The van der Waals surface area contributed by atoms with Crippen molar-refractivity contribution in [2.24, 2.45) is 0 Å². The van der Waals surface area contributed by atoms with E-state index in [0.717, 1.165) is 5.69 Å². The summed E-state index contributed by atoms with van der Waals surface area (Å²) in [5.74, 6) is 1.13. The average molecular weight is 367 g/mol. The fourth-order valence-corrected chi connectivity index (χ4v) is 3.38. The van der Waals surface area contributed by atoms with Crippen molar-refractivity contribution in [3.05, 3.63) is 49.0 Å². The number of carbonyl (C=O) groups excluding carboxylic acids is 1. The molecule has 8 nitrogen and oxygen atoms in total. The van der Waals surface area contributed by atoms with Crippen LogP contribution >= 0.6 is 0 Å². The van der Waals surface area contributed by atoms with E-state index in [4.69, 9.17) is 9.15 Å². The number of nitrogens with zero attached hydrogens (tertiary/aromatic N) is 4. The van der Waals surface area contributed by atoms with Gasteiger partial charge in [-0.3, -0.25) is 4.79 Å². The maximum absolute atomic E-state index is 13.3. The number of carbonyl (C=O) groups is 1. The maximum atomic E-state index is 13.3. The number of fused-ring (bicyclic) bond motifs is 1. The average Bonchev–Trinajstić information content (AvgIpc) is 3.33. The summed E-state index contributed by atoms with van der Waals surface area (Å²) in [6, 6.07) is 3.63. The van der Waals surface area contributed by atoms with Crippen LogP contribution in [0.25, 0.3) is 11.3 Å². The van der Waals surface area contributed by atoms with E-state index in [0.29, 0.717) is 35.7 Å². The number of benzene rings is 1. The van der Waals surface area contributed by atoms with Crippen molar-refractivity contribution in [2.45, 2.75) is 26.1 Å². The Morgan fingerprint density at radius 1 is 1.22 bits per heavy atom. The Hall–Kier alpha value is -3.29. The van der Waals surface area contributed by atoms with Crippen LogP contribution in [0.2, 0.25) is 0 Å². The molecule has 1 amide bonds. The van der Waals surface area contributed by atoms with Gasteiger partial charge in [0.1, 0.15) is 11.4 Å². The number of imidazole rings is 1.